The Morgan fingerprint density at radius 2 is 1.80 bits per heavy atom. The molecule has 0 heterocycles. The Balaban J connectivity index is 2.04. The maximum atomic E-state index is 9.79. The highest BCUT2D eigenvalue weighted by Gasteiger charge is 2.22. The van der Waals surface area contributed by atoms with Crippen LogP contribution in [-0.4, -0.2) is 5.11 Å². The molecule has 0 spiro atoms. The van der Waals surface area contributed by atoms with E-state index < -0.39 is 0 Å². The predicted octanol–water partition coefficient (Wildman–Crippen LogP) is 4.08. The van der Waals surface area contributed by atoms with Crippen LogP contribution in [0, 0.1) is 5.92 Å². The van der Waals surface area contributed by atoms with E-state index in [9.17, 15) is 5.11 Å². The van der Waals surface area contributed by atoms with E-state index in [4.69, 9.17) is 0 Å². The van der Waals surface area contributed by atoms with Crippen molar-refractivity contribution >= 4 is 0 Å². The zero-order valence-corrected chi connectivity index (χ0v) is 9.45. The molecule has 1 nitrogen and oxygen atoms in total. The molecule has 0 bridgehead atoms. The molecule has 1 aromatic carbocycles. The Hall–Kier alpha value is -0.980. The van der Waals surface area contributed by atoms with Gasteiger partial charge in [-0.3, -0.25) is 0 Å². The molecule has 1 heteroatoms. The second-order valence-corrected chi connectivity index (χ2v) is 4.68. The van der Waals surface area contributed by atoms with Crippen molar-refractivity contribution in [3.8, 4) is 5.75 Å². The maximum absolute atomic E-state index is 9.79. The number of hydrogen-bond donors (Lipinski definition) is 1. The fraction of sp³-hybridized carbons (Fsp3) is 0.571. The van der Waals surface area contributed by atoms with E-state index in [0.29, 0.717) is 11.7 Å². The van der Waals surface area contributed by atoms with Crippen molar-refractivity contribution < 1.29 is 5.11 Å². The van der Waals surface area contributed by atoms with Gasteiger partial charge in [0.1, 0.15) is 5.75 Å². The lowest BCUT2D eigenvalue weighted by Crippen LogP contribution is -2.12. The highest BCUT2D eigenvalue weighted by atomic mass is 16.3. The number of para-hydroxylation sites is 1. The van der Waals surface area contributed by atoms with E-state index in [0.717, 1.165) is 11.5 Å². The van der Waals surface area contributed by atoms with Gasteiger partial charge in [0.15, 0.2) is 0 Å². The van der Waals surface area contributed by atoms with Crippen LogP contribution in [0.5, 0.6) is 5.75 Å². The van der Waals surface area contributed by atoms with Crippen LogP contribution in [0.1, 0.15) is 50.5 Å². The molecule has 1 aliphatic carbocycles. The summed E-state index contributed by atoms with van der Waals surface area (Å²) < 4.78 is 0. The molecule has 0 aliphatic heterocycles. The van der Waals surface area contributed by atoms with Gasteiger partial charge in [0.05, 0.1) is 0 Å². The second kappa shape index (κ2) is 4.69. The van der Waals surface area contributed by atoms with Crippen LogP contribution in [0.4, 0.5) is 0 Å². The molecule has 2 rings (SSSR count). The molecule has 0 aromatic heterocycles. The van der Waals surface area contributed by atoms with Crippen LogP contribution < -0.4 is 0 Å². The molecular weight excluding hydrogens is 184 g/mol. The van der Waals surface area contributed by atoms with Gasteiger partial charge < -0.3 is 5.11 Å². The predicted molar refractivity (Wildman–Crippen MR) is 63.1 cm³/mol. The van der Waals surface area contributed by atoms with E-state index in [2.05, 4.69) is 13.0 Å². The first-order valence-electron chi connectivity index (χ1n) is 6.09. The third-order valence-corrected chi connectivity index (χ3v) is 3.80. The molecule has 15 heavy (non-hydrogen) atoms. The molecule has 0 unspecified atom stereocenters. The van der Waals surface area contributed by atoms with Crippen LogP contribution in [0.15, 0.2) is 24.3 Å². The minimum absolute atomic E-state index is 0.484. The van der Waals surface area contributed by atoms with E-state index >= 15 is 0 Å². The molecule has 1 fully saturated rings. The number of phenols is 1. The first kappa shape index (κ1) is 10.5. The van der Waals surface area contributed by atoms with Crippen LogP contribution in [-0.2, 0) is 0 Å². The fourth-order valence-corrected chi connectivity index (χ4v) is 2.71. The van der Waals surface area contributed by atoms with Crippen molar-refractivity contribution in [2.24, 2.45) is 5.92 Å². The zero-order chi connectivity index (χ0) is 10.7. The van der Waals surface area contributed by atoms with Crippen molar-refractivity contribution in [3.05, 3.63) is 29.8 Å². The number of phenolic OH excluding ortho intramolecular Hbond substituents is 1. The van der Waals surface area contributed by atoms with E-state index in [-0.39, 0.29) is 0 Å². The molecule has 1 aliphatic rings. The smallest absolute Gasteiger partial charge is 0.119 e. The molecule has 0 atom stereocenters. The number of hydrogen-bond acceptors (Lipinski definition) is 1. The Labute approximate surface area is 92.1 Å². The van der Waals surface area contributed by atoms with Crippen LogP contribution >= 0.6 is 0 Å². The van der Waals surface area contributed by atoms with Crippen LogP contribution in [0.2, 0.25) is 0 Å². The minimum Gasteiger partial charge on any atom is -0.508 e. The highest BCUT2D eigenvalue weighted by Crippen LogP contribution is 2.39. The second-order valence-electron chi connectivity index (χ2n) is 4.68. The van der Waals surface area contributed by atoms with Gasteiger partial charge >= 0.3 is 0 Å². The average Bonchev–Trinajstić information content (AvgIpc) is 2.30. The van der Waals surface area contributed by atoms with Crippen molar-refractivity contribution in [1.82, 2.24) is 0 Å². The Kier molecular flexibility index (Phi) is 3.30. The fourth-order valence-electron chi connectivity index (χ4n) is 2.71. The highest BCUT2D eigenvalue weighted by molar-refractivity contribution is 5.35. The first-order chi connectivity index (χ1) is 7.31. The van der Waals surface area contributed by atoms with Crippen molar-refractivity contribution in [2.75, 3.05) is 0 Å². The van der Waals surface area contributed by atoms with Crippen LogP contribution in [0.25, 0.3) is 0 Å². The van der Waals surface area contributed by atoms with E-state index in [1.54, 1.807) is 6.07 Å². The number of aromatic hydroxyl groups is 1. The van der Waals surface area contributed by atoms with E-state index in [1.165, 1.54) is 32.1 Å². The lowest BCUT2D eigenvalue weighted by atomic mass is 9.77. The summed E-state index contributed by atoms with van der Waals surface area (Å²) in [5.41, 5.74) is 1.16. The lowest BCUT2D eigenvalue weighted by Gasteiger charge is -2.28. The molecule has 82 valence electrons. The minimum atomic E-state index is 0.484. The summed E-state index contributed by atoms with van der Waals surface area (Å²) in [5.74, 6) is 2.00. The molecular formula is C14H20O. The maximum Gasteiger partial charge on any atom is 0.119 e. The summed E-state index contributed by atoms with van der Waals surface area (Å²) in [6.07, 6.45) is 6.46. The van der Waals surface area contributed by atoms with Gasteiger partial charge in [-0.05, 0) is 49.1 Å². The standard InChI is InChI=1S/C14H20O/c1-2-11-7-9-12(10-8-11)13-5-3-4-6-14(13)15/h3-6,11-12,15H,2,7-10H2,1H3/t11-,12-. The Morgan fingerprint density at radius 1 is 1.13 bits per heavy atom. The summed E-state index contributed by atoms with van der Waals surface area (Å²) in [7, 11) is 0. The summed E-state index contributed by atoms with van der Waals surface area (Å²) in [5, 5.41) is 9.79. The summed E-state index contributed by atoms with van der Waals surface area (Å²) in [6, 6.07) is 7.81. The SMILES string of the molecule is CC[C@H]1CC[C@H](c2ccccc2O)CC1. The quantitative estimate of drug-likeness (QED) is 0.769. The molecule has 1 aromatic rings. The van der Waals surface area contributed by atoms with Gasteiger partial charge in [-0.1, -0.05) is 31.5 Å². The van der Waals surface area contributed by atoms with Gasteiger partial charge in [-0.2, -0.15) is 0 Å². The van der Waals surface area contributed by atoms with E-state index in [1.807, 2.05) is 12.1 Å². The number of benzene rings is 1. The molecule has 1 saturated carbocycles. The summed E-state index contributed by atoms with van der Waals surface area (Å²) in [4.78, 5) is 0. The topological polar surface area (TPSA) is 20.2 Å². The summed E-state index contributed by atoms with van der Waals surface area (Å²) >= 11 is 0. The van der Waals surface area contributed by atoms with Crippen molar-refractivity contribution in [2.45, 2.75) is 44.9 Å². The average molecular weight is 204 g/mol. The lowest BCUT2D eigenvalue weighted by molar-refractivity contribution is 0.314. The van der Waals surface area contributed by atoms with Gasteiger partial charge in [0.25, 0.3) is 0 Å². The Bertz CT molecular complexity index is 311. The van der Waals surface area contributed by atoms with Crippen molar-refractivity contribution in [1.29, 1.82) is 0 Å². The largest absolute Gasteiger partial charge is 0.508 e. The molecule has 1 N–H and O–H groups in total. The molecule has 0 saturated heterocycles. The molecule has 0 radical (unpaired) electrons. The first-order valence-corrected chi connectivity index (χ1v) is 6.09. The normalized spacial score (nSPS) is 26.5. The third-order valence-electron chi connectivity index (χ3n) is 3.80. The van der Waals surface area contributed by atoms with Crippen molar-refractivity contribution in [3.63, 3.8) is 0 Å². The molecule has 0 amide bonds. The summed E-state index contributed by atoms with van der Waals surface area (Å²) in [6.45, 7) is 2.28. The third kappa shape index (κ3) is 2.34. The monoisotopic (exact) mass is 204 g/mol. The Morgan fingerprint density at radius 3 is 2.40 bits per heavy atom. The van der Waals surface area contributed by atoms with Crippen LogP contribution in [0.3, 0.4) is 0 Å². The van der Waals surface area contributed by atoms with Gasteiger partial charge in [0, 0.05) is 0 Å². The van der Waals surface area contributed by atoms with Gasteiger partial charge in [-0.15, -0.1) is 0 Å². The zero-order valence-electron chi connectivity index (χ0n) is 9.45. The van der Waals surface area contributed by atoms with Gasteiger partial charge in [0.2, 0.25) is 0 Å². The van der Waals surface area contributed by atoms with Gasteiger partial charge in [-0.25, -0.2) is 0 Å². The number of rotatable bonds is 2.